The third-order valence-electron chi connectivity index (χ3n) is 7.81. The Morgan fingerprint density at radius 2 is 1.82 bits per heavy atom. The van der Waals surface area contributed by atoms with Crippen LogP contribution < -0.4 is 4.74 Å². The Hall–Kier alpha value is -3.02. The molecule has 6 rings (SSSR count). The summed E-state index contributed by atoms with van der Waals surface area (Å²) in [5.41, 5.74) is 5.36. The fourth-order valence-corrected chi connectivity index (χ4v) is 6.03. The average molecular weight is 445 g/mol. The zero-order chi connectivity index (χ0) is 22.4. The number of piperidine rings is 1. The molecule has 1 aliphatic carbocycles. The number of hydrogen-bond acceptors (Lipinski definition) is 3. The minimum Gasteiger partial charge on any atom is -0.491 e. The number of nitrogens with zero attached hydrogens (tertiary/aromatic N) is 3. The Kier molecular flexibility index (Phi) is 5.24. The molecule has 1 N–H and O–H groups in total. The lowest BCUT2D eigenvalue weighted by molar-refractivity contribution is 0.0811. The molecule has 172 valence electrons. The maximum Gasteiger partial charge on any atom is 0.320 e. The van der Waals surface area contributed by atoms with Gasteiger partial charge < -0.3 is 19.5 Å². The van der Waals surface area contributed by atoms with Gasteiger partial charge in [0.25, 0.3) is 0 Å². The molecule has 1 saturated heterocycles. The van der Waals surface area contributed by atoms with Crippen molar-refractivity contribution >= 4 is 17.1 Å². The van der Waals surface area contributed by atoms with Crippen molar-refractivity contribution < 1.29 is 9.53 Å². The van der Waals surface area contributed by atoms with Gasteiger partial charge in [0.05, 0.1) is 24.1 Å². The Labute approximate surface area is 194 Å². The van der Waals surface area contributed by atoms with Gasteiger partial charge in [-0.2, -0.15) is 0 Å². The van der Waals surface area contributed by atoms with Gasteiger partial charge in [-0.05, 0) is 67.0 Å². The van der Waals surface area contributed by atoms with Crippen LogP contribution in [-0.2, 0) is 6.54 Å². The van der Waals surface area contributed by atoms with Gasteiger partial charge in [0, 0.05) is 18.7 Å². The molecule has 2 amide bonds. The van der Waals surface area contributed by atoms with E-state index in [1.807, 2.05) is 11.8 Å². The molecule has 0 radical (unpaired) electrons. The normalized spacial score (nSPS) is 22.9. The fourth-order valence-electron chi connectivity index (χ4n) is 6.03. The van der Waals surface area contributed by atoms with E-state index >= 15 is 0 Å². The molecule has 3 aromatic rings. The first kappa shape index (κ1) is 20.6. The van der Waals surface area contributed by atoms with E-state index in [1.54, 1.807) is 0 Å². The second-order valence-corrected chi connectivity index (χ2v) is 9.97. The summed E-state index contributed by atoms with van der Waals surface area (Å²) < 4.78 is 6.04. The van der Waals surface area contributed by atoms with Gasteiger partial charge in [0.1, 0.15) is 18.2 Å². The van der Waals surface area contributed by atoms with Crippen molar-refractivity contribution in [2.75, 3.05) is 26.2 Å². The number of benzene rings is 2. The van der Waals surface area contributed by atoms with Crippen molar-refractivity contribution in [2.45, 2.75) is 45.6 Å². The van der Waals surface area contributed by atoms with E-state index in [0.717, 1.165) is 64.7 Å². The summed E-state index contributed by atoms with van der Waals surface area (Å²) in [6.45, 7) is 5.56. The summed E-state index contributed by atoms with van der Waals surface area (Å²) in [6, 6.07) is 12.8. The van der Waals surface area contributed by atoms with E-state index < -0.39 is 0 Å². The number of aromatic nitrogens is 2. The predicted molar refractivity (Wildman–Crippen MR) is 129 cm³/mol. The molecule has 6 heteroatoms. The number of carbonyl (C=O) groups is 1. The van der Waals surface area contributed by atoms with Crippen molar-refractivity contribution in [2.24, 2.45) is 11.8 Å². The molecular weight excluding hydrogens is 412 g/mol. The van der Waals surface area contributed by atoms with Gasteiger partial charge in [-0.15, -0.1) is 0 Å². The molecule has 2 aliphatic heterocycles. The highest BCUT2D eigenvalue weighted by Crippen LogP contribution is 2.37. The first-order chi connectivity index (χ1) is 16.1. The summed E-state index contributed by atoms with van der Waals surface area (Å²) >= 11 is 0. The van der Waals surface area contributed by atoms with Crippen LogP contribution in [0.25, 0.3) is 22.2 Å². The number of nitrogens with one attached hydrogen (secondary N) is 1. The molecule has 2 aromatic carbocycles. The van der Waals surface area contributed by atoms with Crippen LogP contribution in [0, 0.1) is 18.8 Å². The molecule has 1 saturated carbocycles. The number of aryl methyl sites for hydroxylation is 1. The number of H-pyrrole nitrogens is 1. The van der Waals surface area contributed by atoms with Gasteiger partial charge >= 0.3 is 6.03 Å². The summed E-state index contributed by atoms with van der Waals surface area (Å²) in [5.74, 6) is 3.33. The van der Waals surface area contributed by atoms with Crippen LogP contribution in [0.5, 0.6) is 5.75 Å². The second-order valence-electron chi connectivity index (χ2n) is 9.97. The Balaban J connectivity index is 1.23. The largest absolute Gasteiger partial charge is 0.491 e. The highest BCUT2D eigenvalue weighted by molar-refractivity contribution is 5.82. The number of fused-ring (bicyclic) bond motifs is 3. The minimum atomic E-state index is 0.176. The lowest BCUT2D eigenvalue weighted by Crippen LogP contribution is -2.50. The van der Waals surface area contributed by atoms with E-state index in [9.17, 15) is 4.79 Å². The Morgan fingerprint density at radius 1 is 1.00 bits per heavy atom. The highest BCUT2D eigenvalue weighted by Gasteiger charge is 2.35. The summed E-state index contributed by atoms with van der Waals surface area (Å²) in [4.78, 5) is 25.4. The van der Waals surface area contributed by atoms with Crippen LogP contribution in [0.4, 0.5) is 4.79 Å². The monoisotopic (exact) mass is 444 g/mol. The number of amides is 2. The zero-order valence-electron chi connectivity index (χ0n) is 19.3. The van der Waals surface area contributed by atoms with Crippen LogP contribution in [-0.4, -0.2) is 52.0 Å². The molecule has 1 aromatic heterocycles. The van der Waals surface area contributed by atoms with E-state index in [0.29, 0.717) is 25.6 Å². The number of rotatable bonds is 1. The summed E-state index contributed by atoms with van der Waals surface area (Å²) in [6.07, 6.45) is 6.48. The Bertz CT molecular complexity index is 1190. The maximum atomic E-state index is 13.5. The van der Waals surface area contributed by atoms with E-state index in [-0.39, 0.29) is 6.03 Å². The molecule has 2 fully saturated rings. The number of imidazole rings is 1. The van der Waals surface area contributed by atoms with Crippen LogP contribution in [0.3, 0.4) is 0 Å². The standard InChI is InChI=1S/C27H32N4O2/c1-18-28-24-8-6-21(15-25(24)29-18)20-7-9-26-23(14-20)17-31(12-13-33-26)27(32)30-11-10-19-4-2-3-5-22(19)16-30/h6-9,14-15,19,22H,2-5,10-13,16-17H2,1H3,(H,28,29)/t19-,22-/m0/s1. The molecule has 33 heavy (non-hydrogen) atoms. The topological polar surface area (TPSA) is 61.5 Å². The molecule has 6 nitrogen and oxygen atoms in total. The number of ether oxygens (including phenoxy) is 1. The van der Waals surface area contributed by atoms with Crippen LogP contribution in [0.15, 0.2) is 36.4 Å². The predicted octanol–water partition coefficient (Wildman–Crippen LogP) is 5.36. The summed E-state index contributed by atoms with van der Waals surface area (Å²) in [5, 5.41) is 0. The van der Waals surface area contributed by atoms with Gasteiger partial charge in [0.2, 0.25) is 0 Å². The van der Waals surface area contributed by atoms with E-state index in [2.05, 4.69) is 51.3 Å². The smallest absolute Gasteiger partial charge is 0.320 e. The molecule has 0 unspecified atom stereocenters. The van der Waals surface area contributed by atoms with Crippen LogP contribution >= 0.6 is 0 Å². The quantitative estimate of drug-likeness (QED) is 0.549. The fraction of sp³-hybridized carbons (Fsp3) is 0.481. The first-order valence-corrected chi connectivity index (χ1v) is 12.4. The average Bonchev–Trinajstić information content (AvgIpc) is 3.08. The minimum absolute atomic E-state index is 0.176. The van der Waals surface area contributed by atoms with Crippen molar-refractivity contribution in [1.29, 1.82) is 0 Å². The molecule has 3 heterocycles. The molecule has 0 bridgehead atoms. The SMILES string of the molecule is Cc1nc2ccc(-c3ccc4c(c3)CN(C(=O)N3CC[C@@H]5CCCC[C@H]5C3)CCO4)cc2[nH]1. The number of likely N-dealkylation sites (tertiary alicyclic amines) is 1. The number of hydrogen-bond donors (Lipinski definition) is 1. The third kappa shape index (κ3) is 3.96. The lowest BCUT2D eigenvalue weighted by atomic mass is 9.75. The molecular formula is C27H32N4O2. The zero-order valence-corrected chi connectivity index (χ0v) is 19.3. The number of aromatic amines is 1. The molecule has 3 aliphatic rings. The molecule has 0 spiro atoms. The van der Waals surface area contributed by atoms with Gasteiger partial charge in [0.15, 0.2) is 0 Å². The number of carbonyl (C=O) groups excluding carboxylic acids is 1. The molecule has 2 atom stereocenters. The highest BCUT2D eigenvalue weighted by atomic mass is 16.5. The van der Waals surface area contributed by atoms with E-state index in [4.69, 9.17) is 4.74 Å². The first-order valence-electron chi connectivity index (χ1n) is 12.4. The van der Waals surface area contributed by atoms with Gasteiger partial charge in [-0.25, -0.2) is 9.78 Å². The van der Waals surface area contributed by atoms with Crippen molar-refractivity contribution in [1.82, 2.24) is 19.8 Å². The van der Waals surface area contributed by atoms with Gasteiger partial charge in [-0.3, -0.25) is 0 Å². The number of urea groups is 1. The third-order valence-corrected chi connectivity index (χ3v) is 7.81. The van der Waals surface area contributed by atoms with Crippen molar-refractivity contribution in [3.8, 4) is 16.9 Å². The van der Waals surface area contributed by atoms with Crippen LogP contribution in [0.1, 0.15) is 43.5 Å². The van der Waals surface area contributed by atoms with Crippen molar-refractivity contribution in [3.63, 3.8) is 0 Å². The summed E-state index contributed by atoms with van der Waals surface area (Å²) in [7, 11) is 0. The van der Waals surface area contributed by atoms with E-state index in [1.165, 1.54) is 25.7 Å². The maximum absolute atomic E-state index is 13.5. The van der Waals surface area contributed by atoms with Gasteiger partial charge in [-0.1, -0.05) is 31.4 Å². The lowest BCUT2D eigenvalue weighted by Gasteiger charge is -2.42. The van der Waals surface area contributed by atoms with Crippen molar-refractivity contribution in [3.05, 3.63) is 47.8 Å². The second kappa shape index (κ2) is 8.40. The van der Waals surface area contributed by atoms with Crippen LogP contribution in [0.2, 0.25) is 0 Å². The Morgan fingerprint density at radius 3 is 2.73 bits per heavy atom.